The first-order valence-electron chi connectivity index (χ1n) is 7.17. The highest BCUT2D eigenvalue weighted by atomic mass is 32.1. The highest BCUT2D eigenvalue weighted by Gasteiger charge is 2.32. The number of nitrogens with one attached hydrogen (secondary N) is 2. The van der Waals surface area contributed by atoms with Crippen LogP contribution in [0.3, 0.4) is 0 Å². The molecule has 112 valence electrons. The molecule has 0 aromatic carbocycles. The van der Waals surface area contributed by atoms with Crippen LogP contribution in [0.2, 0.25) is 0 Å². The van der Waals surface area contributed by atoms with E-state index in [0.29, 0.717) is 23.0 Å². The monoisotopic (exact) mass is 321 g/mol. The first-order chi connectivity index (χ1) is 10.2. The number of rotatable bonds is 6. The van der Waals surface area contributed by atoms with Crippen molar-refractivity contribution in [1.82, 2.24) is 5.32 Å². The summed E-state index contributed by atoms with van der Waals surface area (Å²) in [6, 6.07) is 4.16. The van der Waals surface area contributed by atoms with E-state index in [9.17, 15) is 4.79 Å². The van der Waals surface area contributed by atoms with Gasteiger partial charge in [0.1, 0.15) is 4.88 Å². The Kier molecular flexibility index (Phi) is 4.17. The van der Waals surface area contributed by atoms with Crippen LogP contribution in [0.5, 0.6) is 0 Å². The Bertz CT molecular complexity index is 630. The van der Waals surface area contributed by atoms with Gasteiger partial charge in [0.2, 0.25) is 0 Å². The zero-order chi connectivity index (χ0) is 14.8. The number of hydrogen-bond acceptors (Lipinski definition) is 5. The molecule has 2 aromatic rings. The van der Waals surface area contributed by atoms with Crippen molar-refractivity contribution < 1.29 is 4.79 Å². The van der Waals surface area contributed by atoms with Crippen LogP contribution in [0.15, 0.2) is 17.5 Å². The van der Waals surface area contributed by atoms with E-state index in [0.717, 1.165) is 17.1 Å². The van der Waals surface area contributed by atoms with Gasteiger partial charge in [-0.15, -0.1) is 22.7 Å². The zero-order valence-corrected chi connectivity index (χ0v) is 13.6. The fourth-order valence-electron chi connectivity index (χ4n) is 2.36. The van der Waals surface area contributed by atoms with Crippen LogP contribution >= 0.6 is 22.7 Å². The number of anilines is 2. The molecule has 4 nitrogen and oxygen atoms in total. The molecule has 1 fully saturated rings. The molecule has 1 amide bonds. The fourth-order valence-corrected chi connectivity index (χ4v) is 4.12. The van der Waals surface area contributed by atoms with Crippen molar-refractivity contribution in [3.8, 4) is 0 Å². The van der Waals surface area contributed by atoms with Crippen molar-refractivity contribution in [2.75, 3.05) is 17.6 Å². The Balaban J connectivity index is 1.84. The molecule has 0 atom stereocenters. The second-order valence-electron chi connectivity index (χ2n) is 5.15. The standard InChI is InChI=1S/C15H19N3OS2/c1-2-17-14(19)13-12(16)11(9-5-6-9)15(21-13)18-8-10-4-3-7-20-10/h3-4,7,9,18H,2,5-6,8,16H2,1H3,(H,17,19). The lowest BCUT2D eigenvalue weighted by atomic mass is 10.1. The van der Waals surface area contributed by atoms with Gasteiger partial charge in [0.15, 0.2) is 0 Å². The average Bonchev–Trinajstić information content (AvgIpc) is 3.05. The second-order valence-corrected chi connectivity index (χ2v) is 7.21. The van der Waals surface area contributed by atoms with E-state index in [-0.39, 0.29) is 5.91 Å². The molecule has 0 bridgehead atoms. The molecule has 0 aliphatic heterocycles. The van der Waals surface area contributed by atoms with E-state index in [4.69, 9.17) is 5.73 Å². The summed E-state index contributed by atoms with van der Waals surface area (Å²) in [4.78, 5) is 14.0. The number of amides is 1. The molecule has 0 spiro atoms. The molecule has 21 heavy (non-hydrogen) atoms. The average molecular weight is 321 g/mol. The molecule has 0 unspecified atom stereocenters. The highest BCUT2D eigenvalue weighted by molar-refractivity contribution is 7.18. The van der Waals surface area contributed by atoms with Crippen molar-refractivity contribution in [1.29, 1.82) is 0 Å². The smallest absolute Gasteiger partial charge is 0.263 e. The third kappa shape index (κ3) is 3.06. The molecular weight excluding hydrogens is 302 g/mol. The number of carbonyl (C=O) groups is 1. The van der Waals surface area contributed by atoms with Crippen LogP contribution < -0.4 is 16.4 Å². The number of nitrogens with two attached hydrogens (primary N) is 1. The number of nitrogen functional groups attached to an aromatic ring is 1. The van der Waals surface area contributed by atoms with Crippen LogP contribution in [0.1, 0.15) is 45.8 Å². The van der Waals surface area contributed by atoms with Crippen LogP contribution in [0, 0.1) is 0 Å². The van der Waals surface area contributed by atoms with E-state index in [2.05, 4.69) is 22.1 Å². The zero-order valence-electron chi connectivity index (χ0n) is 11.9. The van der Waals surface area contributed by atoms with Gasteiger partial charge in [-0.3, -0.25) is 4.79 Å². The molecule has 1 aliphatic carbocycles. The number of hydrogen-bond donors (Lipinski definition) is 3. The maximum Gasteiger partial charge on any atom is 0.263 e. The summed E-state index contributed by atoms with van der Waals surface area (Å²) >= 11 is 3.21. The summed E-state index contributed by atoms with van der Waals surface area (Å²) in [5.74, 6) is 0.460. The van der Waals surface area contributed by atoms with Crippen LogP contribution in [-0.4, -0.2) is 12.5 Å². The lowest BCUT2D eigenvalue weighted by Gasteiger charge is -2.06. The minimum atomic E-state index is -0.0638. The lowest BCUT2D eigenvalue weighted by Crippen LogP contribution is -2.22. The maximum absolute atomic E-state index is 12.1. The van der Waals surface area contributed by atoms with Gasteiger partial charge in [-0.25, -0.2) is 0 Å². The quantitative estimate of drug-likeness (QED) is 0.761. The van der Waals surface area contributed by atoms with E-state index in [1.807, 2.05) is 13.0 Å². The minimum Gasteiger partial charge on any atom is -0.397 e. The Hall–Kier alpha value is -1.53. The van der Waals surface area contributed by atoms with Gasteiger partial charge in [0, 0.05) is 17.0 Å². The lowest BCUT2D eigenvalue weighted by molar-refractivity contribution is 0.0960. The summed E-state index contributed by atoms with van der Waals surface area (Å²) in [7, 11) is 0. The van der Waals surface area contributed by atoms with Gasteiger partial charge in [-0.1, -0.05) is 6.07 Å². The summed E-state index contributed by atoms with van der Waals surface area (Å²) < 4.78 is 0. The van der Waals surface area contributed by atoms with E-state index >= 15 is 0 Å². The van der Waals surface area contributed by atoms with Crippen LogP contribution in [-0.2, 0) is 6.54 Å². The molecule has 1 aliphatic rings. The van der Waals surface area contributed by atoms with Gasteiger partial charge in [-0.2, -0.15) is 0 Å². The Labute approximate surface area is 132 Å². The Morgan fingerprint density at radius 2 is 2.29 bits per heavy atom. The van der Waals surface area contributed by atoms with Gasteiger partial charge in [-0.05, 0) is 37.1 Å². The summed E-state index contributed by atoms with van der Waals surface area (Å²) in [5.41, 5.74) is 8.06. The fraction of sp³-hybridized carbons (Fsp3) is 0.400. The third-order valence-corrected chi connectivity index (χ3v) is 5.57. The molecule has 2 heterocycles. The SMILES string of the molecule is CCNC(=O)c1sc(NCc2cccs2)c(C2CC2)c1N. The molecular formula is C15H19N3OS2. The van der Waals surface area contributed by atoms with E-state index in [1.54, 1.807) is 11.3 Å². The van der Waals surface area contributed by atoms with Gasteiger partial charge in [0.05, 0.1) is 17.2 Å². The summed E-state index contributed by atoms with van der Waals surface area (Å²) in [6.45, 7) is 3.32. The van der Waals surface area contributed by atoms with Crippen molar-refractivity contribution in [2.45, 2.75) is 32.2 Å². The topological polar surface area (TPSA) is 67.2 Å². The second kappa shape index (κ2) is 6.07. The molecule has 0 radical (unpaired) electrons. The maximum atomic E-state index is 12.1. The van der Waals surface area contributed by atoms with E-state index in [1.165, 1.54) is 29.1 Å². The van der Waals surface area contributed by atoms with Gasteiger partial charge >= 0.3 is 0 Å². The summed E-state index contributed by atoms with van der Waals surface area (Å²) in [5, 5.41) is 9.43. The molecule has 6 heteroatoms. The van der Waals surface area contributed by atoms with Crippen LogP contribution in [0.4, 0.5) is 10.7 Å². The van der Waals surface area contributed by atoms with Gasteiger partial charge < -0.3 is 16.4 Å². The first kappa shape index (κ1) is 14.4. The molecule has 1 saturated carbocycles. The molecule has 3 rings (SSSR count). The predicted molar refractivity (Wildman–Crippen MR) is 90.4 cm³/mol. The number of thiophene rings is 2. The predicted octanol–water partition coefficient (Wildman–Crippen LogP) is 3.63. The van der Waals surface area contributed by atoms with Crippen molar-refractivity contribution >= 4 is 39.3 Å². The minimum absolute atomic E-state index is 0.0638. The molecule has 2 aromatic heterocycles. The van der Waals surface area contributed by atoms with Crippen LogP contribution in [0.25, 0.3) is 0 Å². The Morgan fingerprint density at radius 3 is 2.90 bits per heavy atom. The number of carbonyl (C=O) groups excluding carboxylic acids is 1. The Morgan fingerprint density at radius 1 is 1.48 bits per heavy atom. The normalized spacial score (nSPS) is 14.1. The first-order valence-corrected chi connectivity index (χ1v) is 8.87. The van der Waals surface area contributed by atoms with Crippen molar-refractivity contribution in [2.24, 2.45) is 0 Å². The molecule has 4 N–H and O–H groups in total. The third-order valence-electron chi connectivity index (χ3n) is 3.52. The van der Waals surface area contributed by atoms with E-state index < -0.39 is 0 Å². The van der Waals surface area contributed by atoms with Crippen molar-refractivity contribution in [3.05, 3.63) is 32.8 Å². The summed E-state index contributed by atoms with van der Waals surface area (Å²) in [6.07, 6.45) is 2.34. The molecule has 0 saturated heterocycles. The van der Waals surface area contributed by atoms with Crippen molar-refractivity contribution in [3.63, 3.8) is 0 Å². The largest absolute Gasteiger partial charge is 0.397 e. The van der Waals surface area contributed by atoms with Gasteiger partial charge in [0.25, 0.3) is 5.91 Å². The highest BCUT2D eigenvalue weighted by Crippen LogP contribution is 2.50.